The fourth-order valence-electron chi connectivity index (χ4n) is 1.95. The maximum atomic E-state index is 10.4. The molecule has 0 bridgehead atoms. The number of nitrogens with zero attached hydrogens (tertiary/aromatic N) is 1. The van der Waals surface area contributed by atoms with Gasteiger partial charge in [0.25, 0.3) is 0 Å². The second-order valence-corrected chi connectivity index (χ2v) is 4.92. The third-order valence-electron chi connectivity index (χ3n) is 3.10. The standard InChI is InChI=1S/C15H16ClNO/c1-10-6-7-12(13(16)9-10)15(18)11(2)14-5-3-4-8-17-14/h3-9,11,15,18H,1-2H3. The third-order valence-corrected chi connectivity index (χ3v) is 3.43. The molecule has 2 aromatic rings. The highest BCUT2D eigenvalue weighted by Gasteiger charge is 2.21. The van der Waals surface area contributed by atoms with Crippen molar-refractivity contribution in [3.05, 3.63) is 64.4 Å². The number of aliphatic hydroxyl groups is 1. The average molecular weight is 262 g/mol. The lowest BCUT2D eigenvalue weighted by Gasteiger charge is -2.20. The molecule has 0 saturated carbocycles. The summed E-state index contributed by atoms with van der Waals surface area (Å²) in [4.78, 5) is 4.27. The van der Waals surface area contributed by atoms with Gasteiger partial charge >= 0.3 is 0 Å². The SMILES string of the molecule is Cc1ccc(C(O)C(C)c2ccccn2)c(Cl)c1. The van der Waals surface area contributed by atoms with Crippen LogP contribution >= 0.6 is 11.6 Å². The summed E-state index contributed by atoms with van der Waals surface area (Å²) in [5.41, 5.74) is 2.70. The van der Waals surface area contributed by atoms with Gasteiger partial charge in [0.05, 0.1) is 6.10 Å². The molecule has 3 heteroatoms. The summed E-state index contributed by atoms with van der Waals surface area (Å²) in [5, 5.41) is 11.0. The van der Waals surface area contributed by atoms with Gasteiger partial charge in [-0.25, -0.2) is 0 Å². The van der Waals surface area contributed by atoms with Crippen LogP contribution in [0.1, 0.15) is 35.8 Å². The number of hydrogen-bond acceptors (Lipinski definition) is 2. The molecule has 0 amide bonds. The Hall–Kier alpha value is -1.38. The van der Waals surface area contributed by atoms with E-state index in [4.69, 9.17) is 11.6 Å². The van der Waals surface area contributed by atoms with Crippen molar-refractivity contribution in [2.24, 2.45) is 0 Å². The molecule has 0 spiro atoms. The summed E-state index contributed by atoms with van der Waals surface area (Å²) in [7, 11) is 0. The van der Waals surface area contributed by atoms with Crippen molar-refractivity contribution < 1.29 is 5.11 Å². The smallest absolute Gasteiger partial charge is 0.0885 e. The van der Waals surface area contributed by atoms with E-state index in [9.17, 15) is 5.11 Å². The number of rotatable bonds is 3. The van der Waals surface area contributed by atoms with E-state index < -0.39 is 6.10 Å². The number of benzene rings is 1. The second kappa shape index (κ2) is 5.51. The van der Waals surface area contributed by atoms with Crippen LogP contribution in [-0.4, -0.2) is 10.1 Å². The molecule has 0 saturated heterocycles. The van der Waals surface area contributed by atoms with E-state index in [0.717, 1.165) is 16.8 Å². The van der Waals surface area contributed by atoms with Gasteiger partial charge in [-0.1, -0.05) is 36.7 Å². The van der Waals surface area contributed by atoms with Crippen molar-refractivity contribution in [2.45, 2.75) is 25.9 Å². The first-order valence-corrected chi connectivity index (χ1v) is 6.32. The van der Waals surface area contributed by atoms with Gasteiger partial charge in [-0.15, -0.1) is 0 Å². The third kappa shape index (κ3) is 2.71. The maximum Gasteiger partial charge on any atom is 0.0885 e. The first-order valence-electron chi connectivity index (χ1n) is 5.94. The average Bonchev–Trinajstić information content (AvgIpc) is 2.38. The van der Waals surface area contributed by atoms with Crippen LogP contribution in [0.2, 0.25) is 5.02 Å². The molecule has 0 fully saturated rings. The first-order chi connectivity index (χ1) is 8.59. The van der Waals surface area contributed by atoms with Gasteiger partial charge in [0, 0.05) is 22.8 Å². The predicted octanol–water partition coefficient (Wildman–Crippen LogP) is 3.88. The Morgan fingerprint density at radius 3 is 2.61 bits per heavy atom. The summed E-state index contributed by atoms with van der Waals surface area (Å²) in [5.74, 6) is -0.0913. The monoisotopic (exact) mass is 261 g/mol. The molecule has 18 heavy (non-hydrogen) atoms. The normalized spacial score (nSPS) is 14.2. The molecule has 1 aromatic heterocycles. The zero-order valence-electron chi connectivity index (χ0n) is 10.5. The summed E-state index contributed by atoms with van der Waals surface area (Å²) in [6, 6.07) is 11.4. The van der Waals surface area contributed by atoms with Crippen molar-refractivity contribution >= 4 is 11.6 Å². The molecular weight excluding hydrogens is 246 g/mol. The fourth-order valence-corrected chi connectivity index (χ4v) is 2.30. The number of aryl methyl sites for hydroxylation is 1. The Labute approximate surface area is 112 Å². The van der Waals surface area contributed by atoms with Gasteiger partial charge in [0.15, 0.2) is 0 Å². The van der Waals surface area contributed by atoms with Gasteiger partial charge < -0.3 is 5.11 Å². The number of aliphatic hydroxyl groups excluding tert-OH is 1. The number of pyridine rings is 1. The summed E-state index contributed by atoms with van der Waals surface area (Å²) < 4.78 is 0. The van der Waals surface area contributed by atoms with Crippen molar-refractivity contribution in [1.82, 2.24) is 4.98 Å². The molecule has 0 radical (unpaired) electrons. The van der Waals surface area contributed by atoms with Crippen LogP contribution in [0, 0.1) is 6.92 Å². The molecule has 0 aliphatic rings. The predicted molar refractivity (Wildman–Crippen MR) is 73.8 cm³/mol. The van der Waals surface area contributed by atoms with Crippen LogP contribution in [0.5, 0.6) is 0 Å². The van der Waals surface area contributed by atoms with E-state index in [1.807, 2.05) is 50.2 Å². The molecule has 2 unspecified atom stereocenters. The lowest BCUT2D eigenvalue weighted by molar-refractivity contribution is 0.150. The van der Waals surface area contributed by atoms with E-state index in [0.29, 0.717) is 5.02 Å². The van der Waals surface area contributed by atoms with Gasteiger partial charge in [-0.3, -0.25) is 4.98 Å². The molecule has 2 atom stereocenters. The molecule has 0 aliphatic heterocycles. The van der Waals surface area contributed by atoms with E-state index in [2.05, 4.69) is 4.98 Å². The largest absolute Gasteiger partial charge is 0.388 e. The van der Waals surface area contributed by atoms with Crippen LogP contribution in [0.3, 0.4) is 0 Å². The highest BCUT2D eigenvalue weighted by Crippen LogP contribution is 2.33. The zero-order chi connectivity index (χ0) is 13.1. The lowest BCUT2D eigenvalue weighted by atomic mass is 9.93. The molecule has 1 aromatic carbocycles. The summed E-state index contributed by atoms with van der Waals surface area (Å²) >= 11 is 6.18. The van der Waals surface area contributed by atoms with Crippen LogP contribution in [0.25, 0.3) is 0 Å². The molecule has 2 nitrogen and oxygen atoms in total. The Balaban J connectivity index is 2.28. The molecular formula is C15H16ClNO. The Morgan fingerprint density at radius 1 is 1.22 bits per heavy atom. The van der Waals surface area contributed by atoms with E-state index in [-0.39, 0.29) is 5.92 Å². The van der Waals surface area contributed by atoms with Gasteiger partial charge in [0.2, 0.25) is 0 Å². The highest BCUT2D eigenvalue weighted by molar-refractivity contribution is 6.31. The van der Waals surface area contributed by atoms with Gasteiger partial charge in [0.1, 0.15) is 0 Å². The van der Waals surface area contributed by atoms with Crippen LogP contribution in [-0.2, 0) is 0 Å². The molecule has 94 valence electrons. The quantitative estimate of drug-likeness (QED) is 0.910. The fraction of sp³-hybridized carbons (Fsp3) is 0.267. The Kier molecular flexibility index (Phi) is 4.00. The van der Waals surface area contributed by atoms with E-state index in [1.54, 1.807) is 6.20 Å². The number of halogens is 1. The van der Waals surface area contributed by atoms with Crippen LogP contribution < -0.4 is 0 Å². The maximum absolute atomic E-state index is 10.4. The minimum atomic E-state index is -0.645. The van der Waals surface area contributed by atoms with Crippen molar-refractivity contribution in [1.29, 1.82) is 0 Å². The van der Waals surface area contributed by atoms with Crippen molar-refractivity contribution in [2.75, 3.05) is 0 Å². The Morgan fingerprint density at radius 2 is 2.00 bits per heavy atom. The molecule has 2 rings (SSSR count). The van der Waals surface area contributed by atoms with Crippen molar-refractivity contribution in [3.63, 3.8) is 0 Å². The highest BCUT2D eigenvalue weighted by atomic mass is 35.5. The number of hydrogen-bond donors (Lipinski definition) is 1. The second-order valence-electron chi connectivity index (χ2n) is 4.51. The number of aromatic nitrogens is 1. The van der Waals surface area contributed by atoms with Crippen LogP contribution in [0.4, 0.5) is 0 Å². The first kappa shape index (κ1) is 13.1. The Bertz CT molecular complexity index is 527. The minimum absolute atomic E-state index is 0.0913. The topological polar surface area (TPSA) is 33.1 Å². The molecule has 1 heterocycles. The molecule has 1 N–H and O–H groups in total. The molecule has 0 aliphatic carbocycles. The van der Waals surface area contributed by atoms with Crippen molar-refractivity contribution in [3.8, 4) is 0 Å². The van der Waals surface area contributed by atoms with E-state index in [1.165, 1.54) is 0 Å². The zero-order valence-corrected chi connectivity index (χ0v) is 11.2. The lowest BCUT2D eigenvalue weighted by Crippen LogP contribution is -2.09. The van der Waals surface area contributed by atoms with Gasteiger partial charge in [-0.05, 0) is 36.2 Å². The van der Waals surface area contributed by atoms with Crippen LogP contribution in [0.15, 0.2) is 42.6 Å². The summed E-state index contributed by atoms with van der Waals surface area (Å²) in [6.07, 6.45) is 1.09. The van der Waals surface area contributed by atoms with E-state index >= 15 is 0 Å². The summed E-state index contributed by atoms with van der Waals surface area (Å²) in [6.45, 7) is 3.92. The minimum Gasteiger partial charge on any atom is -0.388 e. The van der Waals surface area contributed by atoms with Gasteiger partial charge in [-0.2, -0.15) is 0 Å².